The summed E-state index contributed by atoms with van der Waals surface area (Å²) in [5.74, 6) is 0. The molecule has 5 heteroatoms. The summed E-state index contributed by atoms with van der Waals surface area (Å²) in [7, 11) is 0. The smallest absolute Gasteiger partial charge is 0.321 e. The van der Waals surface area contributed by atoms with Gasteiger partial charge in [0.15, 0.2) is 0 Å². The molecular weight excluding hydrogens is 370 g/mol. The maximum absolute atomic E-state index is 12.8. The lowest BCUT2D eigenvalue weighted by Gasteiger charge is -2.36. The van der Waals surface area contributed by atoms with Crippen LogP contribution in [0.25, 0.3) is 11.1 Å². The third-order valence-electron chi connectivity index (χ3n) is 4.99. The van der Waals surface area contributed by atoms with Crippen molar-refractivity contribution in [3.8, 4) is 11.1 Å². The highest BCUT2D eigenvalue weighted by Gasteiger charge is 2.22. The van der Waals surface area contributed by atoms with Crippen LogP contribution >= 0.6 is 11.6 Å². The van der Waals surface area contributed by atoms with Crippen LogP contribution in [0.5, 0.6) is 0 Å². The first kappa shape index (κ1) is 18.4. The van der Waals surface area contributed by atoms with Crippen LogP contribution in [-0.4, -0.2) is 37.1 Å². The lowest BCUT2D eigenvalue weighted by atomic mass is 10.0. The van der Waals surface area contributed by atoms with E-state index in [0.717, 1.165) is 40.6 Å². The minimum atomic E-state index is -0.0610. The van der Waals surface area contributed by atoms with E-state index in [-0.39, 0.29) is 6.03 Å². The monoisotopic (exact) mass is 391 g/mol. The van der Waals surface area contributed by atoms with Gasteiger partial charge in [-0.15, -0.1) is 0 Å². The fourth-order valence-corrected chi connectivity index (χ4v) is 3.68. The van der Waals surface area contributed by atoms with Crippen LogP contribution in [0.2, 0.25) is 5.02 Å². The quantitative estimate of drug-likeness (QED) is 0.652. The van der Waals surface area contributed by atoms with Gasteiger partial charge < -0.3 is 15.1 Å². The van der Waals surface area contributed by atoms with E-state index in [2.05, 4.69) is 28.4 Å². The van der Waals surface area contributed by atoms with E-state index in [1.54, 1.807) is 0 Å². The van der Waals surface area contributed by atoms with Gasteiger partial charge in [-0.3, -0.25) is 0 Å². The highest BCUT2D eigenvalue weighted by atomic mass is 35.5. The van der Waals surface area contributed by atoms with Gasteiger partial charge in [0, 0.05) is 42.5 Å². The second kappa shape index (κ2) is 8.36. The van der Waals surface area contributed by atoms with Gasteiger partial charge in [-0.25, -0.2) is 4.79 Å². The van der Waals surface area contributed by atoms with Crippen molar-refractivity contribution >= 4 is 29.0 Å². The Morgan fingerprint density at radius 1 is 0.821 bits per heavy atom. The molecule has 1 aliphatic rings. The Hall–Kier alpha value is -2.98. The molecule has 0 bridgehead atoms. The molecule has 0 spiro atoms. The predicted molar refractivity (Wildman–Crippen MR) is 116 cm³/mol. The molecule has 142 valence electrons. The van der Waals surface area contributed by atoms with Crippen molar-refractivity contribution in [2.75, 3.05) is 36.4 Å². The average Bonchev–Trinajstić information content (AvgIpc) is 2.75. The standard InChI is InChI=1S/C23H22ClN3O/c24-19-9-6-10-20(17-19)26-13-15-27(16-14-26)23(28)25-22-12-5-4-11-21(22)18-7-2-1-3-8-18/h1-12,17H,13-16H2,(H,25,28). The highest BCUT2D eigenvalue weighted by Crippen LogP contribution is 2.28. The number of nitrogens with one attached hydrogen (secondary N) is 1. The summed E-state index contributed by atoms with van der Waals surface area (Å²) in [5, 5.41) is 3.82. The van der Waals surface area contributed by atoms with Gasteiger partial charge in [0.05, 0.1) is 5.69 Å². The van der Waals surface area contributed by atoms with Gasteiger partial charge in [0.25, 0.3) is 0 Å². The van der Waals surface area contributed by atoms with Gasteiger partial charge in [-0.2, -0.15) is 0 Å². The summed E-state index contributed by atoms with van der Waals surface area (Å²) < 4.78 is 0. The van der Waals surface area contributed by atoms with Gasteiger partial charge in [0.1, 0.15) is 0 Å². The Kier molecular flexibility index (Phi) is 5.49. The van der Waals surface area contributed by atoms with Crippen LogP contribution in [0.3, 0.4) is 0 Å². The molecule has 0 unspecified atom stereocenters. The topological polar surface area (TPSA) is 35.6 Å². The van der Waals surface area contributed by atoms with Gasteiger partial charge in [-0.1, -0.05) is 66.2 Å². The van der Waals surface area contributed by atoms with Crippen molar-refractivity contribution < 1.29 is 4.79 Å². The first-order chi connectivity index (χ1) is 13.7. The van der Waals surface area contributed by atoms with E-state index in [0.29, 0.717) is 13.1 Å². The Bertz CT molecular complexity index is 953. The Labute approximate surface area is 170 Å². The van der Waals surface area contributed by atoms with Gasteiger partial charge in [0.2, 0.25) is 0 Å². The first-order valence-corrected chi connectivity index (χ1v) is 9.79. The summed E-state index contributed by atoms with van der Waals surface area (Å²) in [5.41, 5.74) is 4.04. The molecule has 28 heavy (non-hydrogen) atoms. The summed E-state index contributed by atoms with van der Waals surface area (Å²) in [4.78, 5) is 16.9. The number of halogens is 1. The van der Waals surface area contributed by atoms with E-state index < -0.39 is 0 Å². The van der Waals surface area contributed by atoms with Crippen LogP contribution in [0.1, 0.15) is 0 Å². The molecule has 0 saturated carbocycles. The van der Waals surface area contributed by atoms with Crippen LogP contribution in [0.15, 0.2) is 78.9 Å². The summed E-state index contributed by atoms with van der Waals surface area (Å²) in [6, 6.07) is 25.8. The average molecular weight is 392 g/mol. The number of rotatable bonds is 3. The number of nitrogens with zero attached hydrogens (tertiary/aromatic N) is 2. The zero-order chi connectivity index (χ0) is 19.3. The van der Waals surface area contributed by atoms with Gasteiger partial charge in [-0.05, 0) is 29.8 Å². The molecule has 3 aromatic rings. The van der Waals surface area contributed by atoms with Crippen molar-refractivity contribution in [1.82, 2.24) is 4.90 Å². The zero-order valence-corrected chi connectivity index (χ0v) is 16.3. The van der Waals surface area contributed by atoms with Crippen molar-refractivity contribution in [3.05, 3.63) is 83.9 Å². The molecule has 1 N–H and O–H groups in total. The number of carbonyl (C=O) groups is 1. The molecule has 4 nitrogen and oxygen atoms in total. The third-order valence-corrected chi connectivity index (χ3v) is 5.23. The van der Waals surface area contributed by atoms with Crippen LogP contribution in [0, 0.1) is 0 Å². The van der Waals surface area contributed by atoms with Gasteiger partial charge >= 0.3 is 6.03 Å². The number of urea groups is 1. The number of piperazine rings is 1. The SMILES string of the molecule is O=C(Nc1ccccc1-c1ccccc1)N1CCN(c2cccc(Cl)c2)CC1. The molecule has 2 amide bonds. The van der Waals surface area contributed by atoms with E-state index in [1.165, 1.54) is 0 Å². The van der Waals surface area contributed by atoms with E-state index in [4.69, 9.17) is 11.6 Å². The van der Waals surface area contributed by atoms with Crippen molar-refractivity contribution in [1.29, 1.82) is 0 Å². The molecule has 4 rings (SSSR count). The molecule has 1 aliphatic heterocycles. The molecule has 1 heterocycles. The molecule has 1 fully saturated rings. The summed E-state index contributed by atoms with van der Waals surface area (Å²) in [6.07, 6.45) is 0. The van der Waals surface area contributed by atoms with Crippen LogP contribution in [0.4, 0.5) is 16.2 Å². The maximum atomic E-state index is 12.8. The van der Waals surface area contributed by atoms with Crippen LogP contribution in [-0.2, 0) is 0 Å². The number of benzene rings is 3. The Balaban J connectivity index is 1.42. The summed E-state index contributed by atoms with van der Waals surface area (Å²) in [6.45, 7) is 2.92. The number of hydrogen-bond acceptors (Lipinski definition) is 2. The molecular formula is C23H22ClN3O. The van der Waals surface area contributed by atoms with Crippen molar-refractivity contribution in [3.63, 3.8) is 0 Å². The third kappa shape index (κ3) is 4.12. The fourth-order valence-electron chi connectivity index (χ4n) is 3.50. The lowest BCUT2D eigenvalue weighted by molar-refractivity contribution is 0.208. The Morgan fingerprint density at radius 3 is 2.29 bits per heavy atom. The normalized spacial score (nSPS) is 14.0. The fraction of sp³-hybridized carbons (Fsp3) is 0.174. The summed E-state index contributed by atoms with van der Waals surface area (Å²) >= 11 is 6.10. The second-order valence-electron chi connectivity index (χ2n) is 6.80. The van der Waals surface area contributed by atoms with E-state index in [9.17, 15) is 4.79 Å². The minimum absolute atomic E-state index is 0.0610. The lowest BCUT2D eigenvalue weighted by Crippen LogP contribution is -2.50. The maximum Gasteiger partial charge on any atom is 0.321 e. The predicted octanol–water partition coefficient (Wildman–Crippen LogP) is 5.36. The molecule has 0 atom stereocenters. The molecule has 0 aromatic heterocycles. The van der Waals surface area contributed by atoms with Crippen molar-refractivity contribution in [2.45, 2.75) is 0 Å². The highest BCUT2D eigenvalue weighted by molar-refractivity contribution is 6.30. The first-order valence-electron chi connectivity index (χ1n) is 9.41. The molecule has 0 aliphatic carbocycles. The number of hydrogen-bond donors (Lipinski definition) is 1. The number of carbonyl (C=O) groups excluding carboxylic acids is 1. The molecule has 3 aromatic carbocycles. The molecule has 0 radical (unpaired) electrons. The van der Waals surface area contributed by atoms with E-state index in [1.807, 2.05) is 65.6 Å². The number of amides is 2. The number of anilines is 2. The number of para-hydroxylation sites is 1. The minimum Gasteiger partial charge on any atom is -0.368 e. The van der Waals surface area contributed by atoms with Crippen LogP contribution < -0.4 is 10.2 Å². The largest absolute Gasteiger partial charge is 0.368 e. The second-order valence-corrected chi connectivity index (χ2v) is 7.23. The Morgan fingerprint density at radius 2 is 1.54 bits per heavy atom. The molecule has 1 saturated heterocycles. The van der Waals surface area contributed by atoms with E-state index >= 15 is 0 Å². The zero-order valence-electron chi connectivity index (χ0n) is 15.5. The van der Waals surface area contributed by atoms with Crippen molar-refractivity contribution in [2.24, 2.45) is 0 Å².